The van der Waals surface area contributed by atoms with Crippen LogP contribution in [0.15, 0.2) is 28.9 Å². The minimum absolute atomic E-state index is 0.0404. The van der Waals surface area contributed by atoms with Crippen LogP contribution in [0.25, 0.3) is 28.2 Å². The molecular weight excluding hydrogens is 496 g/mol. The Morgan fingerprint density at radius 1 is 1.36 bits per heavy atom. The molecule has 0 aromatic carbocycles. The molecule has 0 spiro atoms. The van der Waals surface area contributed by atoms with E-state index in [0.29, 0.717) is 31.6 Å². The van der Waals surface area contributed by atoms with Gasteiger partial charge in [-0.05, 0) is 51.8 Å². The number of nitrogens with two attached hydrogens (primary N) is 1. The standard InChI is InChI=1S/C28H38N8O3/c1-16(14-37)30-24-13-36(20-7-8-20)12-17(2)39-28-26(25(15-38-5)34-35(28)4)23-10-21-22(9-6-19(24)11-29)32-33-27(21)18(3)31-23/h6,9-11,16-17,20,37H,7-8,12-15,29H2,1-5H3,(H,32,33)/b9-6+,19-11-,30-24?/t16-,17-/m0/s1. The van der Waals surface area contributed by atoms with Crippen molar-refractivity contribution >= 4 is 22.7 Å². The quantitative estimate of drug-likeness (QED) is 0.454. The van der Waals surface area contributed by atoms with Gasteiger partial charge in [-0.2, -0.15) is 10.2 Å². The monoisotopic (exact) mass is 534 g/mol. The maximum absolute atomic E-state index is 9.75. The van der Waals surface area contributed by atoms with E-state index in [1.807, 2.05) is 39.1 Å². The zero-order chi connectivity index (χ0) is 27.7. The second kappa shape index (κ2) is 11.3. The van der Waals surface area contributed by atoms with E-state index in [1.165, 1.54) is 0 Å². The van der Waals surface area contributed by atoms with E-state index >= 15 is 0 Å². The number of aryl methyl sites for hydroxylation is 2. The Balaban J connectivity index is 1.70. The van der Waals surface area contributed by atoms with Gasteiger partial charge in [0.15, 0.2) is 0 Å². The molecular formula is C28H38N8O3. The molecule has 208 valence electrons. The Bertz CT molecular complexity index is 1430. The predicted molar refractivity (Wildman–Crippen MR) is 152 cm³/mol. The number of hydrogen-bond acceptors (Lipinski definition) is 9. The number of ether oxygens (including phenoxy) is 2. The van der Waals surface area contributed by atoms with Crippen molar-refractivity contribution in [1.82, 2.24) is 29.9 Å². The van der Waals surface area contributed by atoms with Crippen LogP contribution in [0.4, 0.5) is 0 Å². The zero-order valence-electron chi connectivity index (χ0n) is 23.3. The molecule has 1 fully saturated rings. The van der Waals surface area contributed by atoms with Crippen molar-refractivity contribution in [3.05, 3.63) is 41.0 Å². The maximum Gasteiger partial charge on any atom is 0.221 e. The fourth-order valence-electron chi connectivity index (χ4n) is 5.10. The number of nitrogens with one attached hydrogen (secondary N) is 1. The second-order valence-electron chi connectivity index (χ2n) is 10.5. The van der Waals surface area contributed by atoms with E-state index in [4.69, 9.17) is 30.3 Å². The molecule has 3 aromatic rings. The average Bonchev–Trinajstić information content (AvgIpc) is 3.61. The van der Waals surface area contributed by atoms with Crippen LogP contribution in [0.2, 0.25) is 0 Å². The molecule has 2 aliphatic rings. The number of aliphatic hydroxyl groups is 1. The van der Waals surface area contributed by atoms with Gasteiger partial charge < -0.3 is 20.3 Å². The summed E-state index contributed by atoms with van der Waals surface area (Å²) in [6, 6.07) is 2.22. The first-order valence-corrected chi connectivity index (χ1v) is 13.4. The lowest BCUT2D eigenvalue weighted by Crippen LogP contribution is -2.40. The van der Waals surface area contributed by atoms with Gasteiger partial charge in [0.2, 0.25) is 5.88 Å². The number of methoxy groups -OCH3 is 1. The summed E-state index contributed by atoms with van der Waals surface area (Å²) in [5.41, 5.74) is 12.5. The first-order chi connectivity index (χ1) is 18.8. The molecule has 0 saturated heterocycles. The van der Waals surface area contributed by atoms with Gasteiger partial charge in [-0.25, -0.2) is 4.68 Å². The molecule has 4 heterocycles. The normalized spacial score (nSPS) is 22.6. The Kier molecular flexibility index (Phi) is 7.83. The van der Waals surface area contributed by atoms with E-state index in [0.717, 1.165) is 63.4 Å². The number of pyridine rings is 1. The third-order valence-electron chi connectivity index (χ3n) is 7.15. The summed E-state index contributed by atoms with van der Waals surface area (Å²) in [7, 11) is 3.54. The first kappa shape index (κ1) is 27.0. The van der Waals surface area contributed by atoms with Gasteiger partial charge in [-0.15, -0.1) is 0 Å². The van der Waals surface area contributed by atoms with Crippen molar-refractivity contribution in [2.24, 2.45) is 17.8 Å². The smallest absolute Gasteiger partial charge is 0.221 e. The van der Waals surface area contributed by atoms with Crippen molar-refractivity contribution in [2.45, 2.75) is 58.4 Å². The molecule has 39 heavy (non-hydrogen) atoms. The number of nitrogens with zero attached hydrogens (tertiary/aromatic N) is 6. The highest BCUT2D eigenvalue weighted by molar-refractivity contribution is 6.05. The average molecular weight is 535 g/mol. The number of aromatic amines is 1. The highest BCUT2D eigenvalue weighted by Crippen LogP contribution is 2.36. The van der Waals surface area contributed by atoms with E-state index in [9.17, 15) is 5.11 Å². The van der Waals surface area contributed by atoms with Gasteiger partial charge in [0, 0.05) is 50.4 Å². The summed E-state index contributed by atoms with van der Waals surface area (Å²) >= 11 is 0. The van der Waals surface area contributed by atoms with Crippen molar-refractivity contribution in [2.75, 3.05) is 26.8 Å². The number of fused-ring (bicyclic) bond motifs is 3. The molecule has 2 atom stereocenters. The molecule has 1 aliphatic carbocycles. The summed E-state index contributed by atoms with van der Waals surface area (Å²) in [6.07, 6.45) is 7.62. The highest BCUT2D eigenvalue weighted by atomic mass is 16.5. The van der Waals surface area contributed by atoms with Crippen molar-refractivity contribution in [3.8, 4) is 17.1 Å². The summed E-state index contributed by atoms with van der Waals surface area (Å²) in [5.74, 6) is 0.650. The number of aliphatic hydroxyl groups excluding tert-OH is 1. The Labute approximate surface area is 228 Å². The van der Waals surface area contributed by atoms with Crippen LogP contribution in [-0.4, -0.2) is 85.7 Å². The molecule has 4 N–H and O–H groups in total. The minimum atomic E-state index is -0.249. The first-order valence-electron chi connectivity index (χ1n) is 13.4. The second-order valence-corrected chi connectivity index (χ2v) is 10.5. The fourth-order valence-corrected chi connectivity index (χ4v) is 5.10. The van der Waals surface area contributed by atoms with Crippen molar-refractivity contribution in [3.63, 3.8) is 0 Å². The zero-order valence-corrected chi connectivity index (χ0v) is 23.3. The molecule has 1 aliphatic heterocycles. The van der Waals surface area contributed by atoms with E-state index in [-0.39, 0.29) is 18.8 Å². The maximum atomic E-state index is 9.75. The van der Waals surface area contributed by atoms with Crippen LogP contribution >= 0.6 is 0 Å². The van der Waals surface area contributed by atoms with Crippen LogP contribution in [0.5, 0.6) is 5.88 Å². The number of rotatable bonds is 5. The van der Waals surface area contributed by atoms with Gasteiger partial charge in [0.05, 0.1) is 47.6 Å². The molecule has 1 saturated carbocycles. The minimum Gasteiger partial charge on any atom is -0.473 e. The molecule has 3 aromatic heterocycles. The van der Waals surface area contributed by atoms with Crippen LogP contribution in [0, 0.1) is 6.92 Å². The molecule has 2 bridgehead atoms. The summed E-state index contributed by atoms with van der Waals surface area (Å²) < 4.78 is 13.9. The SMILES string of the molecule is COCc1nn(C)c2c1-c1cc3c([nH]nc3c(C)n1)/C=C/C(=C/N)C(=N[C@@H](C)CO)CN(C1CC1)C[C@H](C)O2. The number of aromatic nitrogens is 5. The van der Waals surface area contributed by atoms with E-state index < -0.39 is 0 Å². The largest absolute Gasteiger partial charge is 0.473 e. The lowest BCUT2D eigenvalue weighted by Gasteiger charge is -2.27. The lowest BCUT2D eigenvalue weighted by molar-refractivity contribution is 0.142. The van der Waals surface area contributed by atoms with Crippen LogP contribution in [-0.2, 0) is 18.4 Å². The molecule has 11 nitrogen and oxygen atoms in total. The molecule has 0 radical (unpaired) electrons. The molecule has 0 unspecified atom stereocenters. The molecule has 11 heteroatoms. The van der Waals surface area contributed by atoms with Crippen molar-refractivity contribution in [1.29, 1.82) is 0 Å². The van der Waals surface area contributed by atoms with Gasteiger partial charge in [-0.3, -0.25) is 20.0 Å². The molecule has 0 amide bonds. The van der Waals surface area contributed by atoms with Crippen LogP contribution < -0.4 is 10.5 Å². The summed E-state index contributed by atoms with van der Waals surface area (Å²) in [6.45, 7) is 7.50. The van der Waals surface area contributed by atoms with Gasteiger partial charge in [0.1, 0.15) is 17.3 Å². The van der Waals surface area contributed by atoms with Gasteiger partial charge in [0.25, 0.3) is 0 Å². The third-order valence-corrected chi connectivity index (χ3v) is 7.15. The van der Waals surface area contributed by atoms with Gasteiger partial charge >= 0.3 is 0 Å². The third kappa shape index (κ3) is 5.61. The topological polar surface area (TPSA) is 140 Å². The lowest BCUT2D eigenvalue weighted by atomic mass is 10.1. The number of allylic oxidation sites excluding steroid dienone is 1. The number of aliphatic imine (C=N–C) groups is 1. The van der Waals surface area contributed by atoms with Crippen LogP contribution in [0.1, 0.15) is 43.8 Å². The Hall–Kier alpha value is -3.54. The highest BCUT2D eigenvalue weighted by Gasteiger charge is 2.32. The van der Waals surface area contributed by atoms with Gasteiger partial charge in [-0.1, -0.05) is 0 Å². The number of H-pyrrole nitrogens is 1. The Morgan fingerprint density at radius 3 is 2.85 bits per heavy atom. The predicted octanol–water partition coefficient (Wildman–Crippen LogP) is 2.74. The Morgan fingerprint density at radius 2 is 2.15 bits per heavy atom. The fraction of sp³-hybridized carbons (Fsp3) is 0.500. The van der Waals surface area contributed by atoms with E-state index in [2.05, 4.69) is 22.0 Å². The van der Waals surface area contributed by atoms with E-state index in [1.54, 1.807) is 18.0 Å². The van der Waals surface area contributed by atoms with Crippen LogP contribution in [0.3, 0.4) is 0 Å². The molecule has 5 rings (SSSR count). The summed E-state index contributed by atoms with van der Waals surface area (Å²) in [4.78, 5) is 12.2. The van der Waals surface area contributed by atoms with Crippen molar-refractivity contribution < 1.29 is 14.6 Å². The summed E-state index contributed by atoms with van der Waals surface area (Å²) in [5, 5.41) is 23.1. The number of hydrogen-bond donors (Lipinski definition) is 3.